The highest BCUT2D eigenvalue weighted by Crippen LogP contribution is 2.18. The van der Waals surface area contributed by atoms with Crippen LogP contribution in [0.2, 0.25) is 0 Å². The smallest absolute Gasteiger partial charge is 0.245 e. The Morgan fingerprint density at radius 3 is 2.56 bits per heavy atom. The number of nitrogens with one attached hydrogen (secondary N) is 2. The zero-order valence-corrected chi connectivity index (χ0v) is 14.7. The van der Waals surface area contributed by atoms with E-state index in [1.165, 1.54) is 0 Å². The number of likely N-dealkylation sites (N-methyl/N-ethyl adjacent to an activating group) is 1. The van der Waals surface area contributed by atoms with Crippen LogP contribution in [0.4, 0.5) is 0 Å². The first-order valence-corrected chi connectivity index (χ1v) is 8.60. The van der Waals surface area contributed by atoms with E-state index in [4.69, 9.17) is 5.73 Å². The number of likely N-dealkylation sites (tertiary alicyclic amines) is 1. The Balaban J connectivity index is 2.07. The Kier molecular flexibility index (Phi) is 6.52. The van der Waals surface area contributed by atoms with E-state index in [2.05, 4.69) is 10.6 Å². The van der Waals surface area contributed by atoms with Crippen molar-refractivity contribution in [2.75, 3.05) is 13.1 Å². The van der Waals surface area contributed by atoms with Crippen molar-refractivity contribution < 1.29 is 14.4 Å². The average Bonchev–Trinajstić information content (AvgIpc) is 2.87. The first-order valence-electron chi connectivity index (χ1n) is 8.60. The minimum atomic E-state index is -0.766. The maximum absolute atomic E-state index is 12.7. The van der Waals surface area contributed by atoms with E-state index in [-0.39, 0.29) is 24.4 Å². The molecule has 0 radical (unpaired) electrons. The van der Waals surface area contributed by atoms with Crippen LogP contribution in [0.1, 0.15) is 25.8 Å². The SMILES string of the molecule is CCN1C(=O)C(NC(=O)C(Cc2ccccc2)NC(=O)CN)CC1C. The molecule has 1 aromatic rings. The quantitative estimate of drug-likeness (QED) is 0.636. The Hall–Kier alpha value is -2.41. The summed E-state index contributed by atoms with van der Waals surface area (Å²) in [5, 5.41) is 5.43. The lowest BCUT2D eigenvalue weighted by Crippen LogP contribution is -2.53. The highest BCUT2D eigenvalue weighted by Gasteiger charge is 2.38. The molecule has 2 rings (SSSR count). The van der Waals surface area contributed by atoms with Crippen LogP contribution in [0.3, 0.4) is 0 Å². The predicted molar refractivity (Wildman–Crippen MR) is 94.5 cm³/mol. The number of benzene rings is 1. The van der Waals surface area contributed by atoms with Gasteiger partial charge in [0.1, 0.15) is 12.1 Å². The number of nitrogens with zero attached hydrogens (tertiary/aromatic N) is 1. The number of carbonyl (C=O) groups is 3. The maximum Gasteiger partial charge on any atom is 0.245 e. The van der Waals surface area contributed by atoms with Gasteiger partial charge in [0.05, 0.1) is 6.54 Å². The van der Waals surface area contributed by atoms with Gasteiger partial charge in [-0.05, 0) is 25.8 Å². The van der Waals surface area contributed by atoms with Gasteiger partial charge in [-0.2, -0.15) is 0 Å². The second-order valence-corrected chi connectivity index (χ2v) is 6.28. The second kappa shape index (κ2) is 8.62. The molecule has 0 saturated carbocycles. The van der Waals surface area contributed by atoms with Crippen molar-refractivity contribution in [1.29, 1.82) is 0 Å². The topological polar surface area (TPSA) is 105 Å². The molecular formula is C18H26N4O3. The van der Waals surface area contributed by atoms with Crippen LogP contribution in [-0.2, 0) is 20.8 Å². The second-order valence-electron chi connectivity index (χ2n) is 6.28. The summed E-state index contributed by atoms with van der Waals surface area (Å²) in [4.78, 5) is 38.4. The van der Waals surface area contributed by atoms with Crippen LogP contribution in [0.25, 0.3) is 0 Å². The Bertz CT molecular complexity index is 620. The van der Waals surface area contributed by atoms with Gasteiger partial charge in [-0.15, -0.1) is 0 Å². The van der Waals surface area contributed by atoms with Gasteiger partial charge in [0, 0.05) is 19.0 Å². The number of hydrogen-bond donors (Lipinski definition) is 3. The molecule has 0 aromatic heterocycles. The number of amides is 3. The summed E-state index contributed by atoms with van der Waals surface area (Å²) < 4.78 is 0. The summed E-state index contributed by atoms with van der Waals surface area (Å²) in [7, 11) is 0. The Morgan fingerprint density at radius 1 is 1.32 bits per heavy atom. The molecule has 1 fully saturated rings. The van der Waals surface area contributed by atoms with E-state index < -0.39 is 18.0 Å². The molecule has 3 unspecified atom stereocenters. The van der Waals surface area contributed by atoms with Gasteiger partial charge in [-0.1, -0.05) is 30.3 Å². The first-order chi connectivity index (χ1) is 12.0. The molecule has 7 nitrogen and oxygen atoms in total. The third-order valence-electron chi connectivity index (χ3n) is 4.47. The lowest BCUT2D eigenvalue weighted by atomic mass is 10.0. The van der Waals surface area contributed by atoms with Gasteiger partial charge < -0.3 is 21.3 Å². The van der Waals surface area contributed by atoms with E-state index in [9.17, 15) is 14.4 Å². The summed E-state index contributed by atoms with van der Waals surface area (Å²) in [6, 6.07) is 8.18. The van der Waals surface area contributed by atoms with Gasteiger partial charge in [-0.3, -0.25) is 14.4 Å². The first kappa shape index (κ1) is 18.9. The maximum atomic E-state index is 12.7. The fraction of sp³-hybridized carbons (Fsp3) is 0.500. The minimum Gasteiger partial charge on any atom is -0.343 e. The van der Waals surface area contributed by atoms with E-state index in [0.717, 1.165) is 5.56 Å². The van der Waals surface area contributed by atoms with Crippen molar-refractivity contribution in [3.8, 4) is 0 Å². The van der Waals surface area contributed by atoms with Crippen LogP contribution >= 0.6 is 0 Å². The molecule has 0 bridgehead atoms. The van der Waals surface area contributed by atoms with Crippen molar-refractivity contribution in [3.63, 3.8) is 0 Å². The molecule has 0 aliphatic carbocycles. The average molecular weight is 346 g/mol. The predicted octanol–water partition coefficient (Wildman–Crippen LogP) is -0.202. The molecule has 7 heteroatoms. The summed E-state index contributed by atoms with van der Waals surface area (Å²) in [5.41, 5.74) is 6.27. The van der Waals surface area contributed by atoms with Crippen molar-refractivity contribution in [3.05, 3.63) is 35.9 Å². The van der Waals surface area contributed by atoms with E-state index in [1.807, 2.05) is 44.2 Å². The van der Waals surface area contributed by atoms with E-state index in [0.29, 0.717) is 19.4 Å². The largest absolute Gasteiger partial charge is 0.343 e. The molecular weight excluding hydrogens is 320 g/mol. The molecule has 1 aromatic carbocycles. The number of carbonyl (C=O) groups excluding carboxylic acids is 3. The Labute approximate surface area is 147 Å². The highest BCUT2D eigenvalue weighted by atomic mass is 16.2. The van der Waals surface area contributed by atoms with E-state index in [1.54, 1.807) is 4.90 Å². The minimum absolute atomic E-state index is 0.0769. The van der Waals surface area contributed by atoms with Gasteiger partial charge in [0.25, 0.3) is 0 Å². The van der Waals surface area contributed by atoms with Crippen molar-refractivity contribution in [1.82, 2.24) is 15.5 Å². The molecule has 25 heavy (non-hydrogen) atoms. The third kappa shape index (κ3) is 4.79. The van der Waals surface area contributed by atoms with Crippen LogP contribution in [0.5, 0.6) is 0 Å². The van der Waals surface area contributed by atoms with Crippen molar-refractivity contribution >= 4 is 17.7 Å². The third-order valence-corrected chi connectivity index (χ3v) is 4.47. The fourth-order valence-corrected chi connectivity index (χ4v) is 3.16. The number of nitrogens with two attached hydrogens (primary N) is 1. The number of hydrogen-bond acceptors (Lipinski definition) is 4. The van der Waals surface area contributed by atoms with E-state index >= 15 is 0 Å². The summed E-state index contributed by atoms with van der Waals surface area (Å²) in [6.07, 6.45) is 0.910. The van der Waals surface area contributed by atoms with Crippen LogP contribution in [0.15, 0.2) is 30.3 Å². The van der Waals surface area contributed by atoms with Crippen molar-refractivity contribution in [2.24, 2.45) is 5.73 Å². The summed E-state index contributed by atoms with van der Waals surface area (Å²) >= 11 is 0. The molecule has 3 amide bonds. The molecule has 1 aliphatic heterocycles. The highest BCUT2D eigenvalue weighted by molar-refractivity contribution is 5.93. The molecule has 1 aliphatic rings. The lowest BCUT2D eigenvalue weighted by molar-refractivity contribution is -0.134. The fourth-order valence-electron chi connectivity index (χ4n) is 3.16. The van der Waals surface area contributed by atoms with Gasteiger partial charge in [0.2, 0.25) is 17.7 Å². The van der Waals surface area contributed by atoms with Crippen LogP contribution < -0.4 is 16.4 Å². The zero-order chi connectivity index (χ0) is 18.4. The Morgan fingerprint density at radius 2 is 2.00 bits per heavy atom. The normalized spacial score (nSPS) is 21.1. The molecule has 0 spiro atoms. The van der Waals surface area contributed by atoms with Gasteiger partial charge in [0.15, 0.2) is 0 Å². The zero-order valence-electron chi connectivity index (χ0n) is 14.7. The van der Waals surface area contributed by atoms with Crippen LogP contribution in [-0.4, -0.2) is 53.8 Å². The summed E-state index contributed by atoms with van der Waals surface area (Å²) in [6.45, 7) is 4.30. The standard InChI is InChI=1S/C18H26N4O3/c1-3-22-12(2)9-15(18(22)25)21-17(24)14(20-16(23)11-19)10-13-7-5-4-6-8-13/h4-8,12,14-15H,3,9-11,19H2,1-2H3,(H,20,23)(H,21,24). The lowest BCUT2D eigenvalue weighted by Gasteiger charge is -2.21. The molecule has 136 valence electrons. The van der Waals surface area contributed by atoms with Gasteiger partial charge >= 0.3 is 0 Å². The molecule has 1 heterocycles. The summed E-state index contributed by atoms with van der Waals surface area (Å²) in [5.74, 6) is -0.849. The number of rotatable bonds is 7. The molecule has 1 saturated heterocycles. The van der Waals surface area contributed by atoms with Gasteiger partial charge in [-0.25, -0.2) is 0 Å². The van der Waals surface area contributed by atoms with Crippen LogP contribution in [0, 0.1) is 0 Å². The monoisotopic (exact) mass is 346 g/mol. The molecule has 3 atom stereocenters. The molecule has 4 N–H and O–H groups in total. The van der Waals surface area contributed by atoms with Crippen molar-refractivity contribution in [2.45, 2.75) is 44.8 Å².